The molecular formula is C17H27NO3. The zero-order valence-electron chi connectivity index (χ0n) is 13.9. The van der Waals surface area contributed by atoms with E-state index in [0.29, 0.717) is 6.61 Å². The highest BCUT2D eigenvalue weighted by Crippen LogP contribution is 2.39. The van der Waals surface area contributed by atoms with Gasteiger partial charge in [-0.1, -0.05) is 0 Å². The van der Waals surface area contributed by atoms with Gasteiger partial charge in [-0.05, 0) is 53.2 Å². The first-order valence-corrected chi connectivity index (χ1v) is 7.55. The van der Waals surface area contributed by atoms with Crippen LogP contribution in [-0.4, -0.2) is 31.0 Å². The molecule has 1 N–H and O–H groups in total. The van der Waals surface area contributed by atoms with Gasteiger partial charge in [-0.15, -0.1) is 0 Å². The summed E-state index contributed by atoms with van der Waals surface area (Å²) in [5.41, 5.74) is 0.723. The lowest BCUT2D eigenvalue weighted by Gasteiger charge is -2.28. The molecule has 0 radical (unpaired) electrons. The number of hydrogen-bond acceptors (Lipinski definition) is 4. The second-order valence-corrected chi connectivity index (χ2v) is 6.66. The Morgan fingerprint density at radius 1 is 1.24 bits per heavy atom. The Morgan fingerprint density at radius 3 is 2.48 bits per heavy atom. The molecule has 21 heavy (non-hydrogen) atoms. The SMILES string of the molecule is CCOc1ccc(NC2CC(C)(C)OC2(C)C)cc1OC. The molecule has 0 aromatic heterocycles. The summed E-state index contributed by atoms with van der Waals surface area (Å²) in [4.78, 5) is 0. The van der Waals surface area contributed by atoms with Gasteiger partial charge < -0.3 is 19.5 Å². The molecule has 118 valence electrons. The van der Waals surface area contributed by atoms with Crippen LogP contribution in [-0.2, 0) is 4.74 Å². The Labute approximate surface area is 127 Å². The van der Waals surface area contributed by atoms with Crippen molar-refractivity contribution in [3.63, 3.8) is 0 Å². The Hall–Kier alpha value is -1.42. The Bertz CT molecular complexity index is 497. The molecule has 0 aliphatic carbocycles. The first-order valence-electron chi connectivity index (χ1n) is 7.55. The summed E-state index contributed by atoms with van der Waals surface area (Å²) in [5.74, 6) is 1.52. The van der Waals surface area contributed by atoms with Crippen LogP contribution in [0.15, 0.2) is 18.2 Å². The summed E-state index contributed by atoms with van der Waals surface area (Å²) in [6, 6.07) is 6.20. The van der Waals surface area contributed by atoms with Crippen molar-refractivity contribution in [3.8, 4) is 11.5 Å². The van der Waals surface area contributed by atoms with Crippen molar-refractivity contribution in [3.05, 3.63) is 18.2 Å². The summed E-state index contributed by atoms with van der Waals surface area (Å²) < 4.78 is 17.1. The van der Waals surface area contributed by atoms with Gasteiger partial charge in [0, 0.05) is 11.8 Å². The van der Waals surface area contributed by atoms with Gasteiger partial charge in [-0.25, -0.2) is 0 Å². The number of rotatable bonds is 5. The largest absolute Gasteiger partial charge is 0.493 e. The molecule has 1 aliphatic rings. The average molecular weight is 293 g/mol. The van der Waals surface area contributed by atoms with E-state index in [0.717, 1.165) is 23.6 Å². The van der Waals surface area contributed by atoms with Crippen LogP contribution in [0, 0.1) is 0 Å². The highest BCUT2D eigenvalue weighted by Gasteiger charge is 2.45. The zero-order valence-corrected chi connectivity index (χ0v) is 13.9. The minimum Gasteiger partial charge on any atom is -0.493 e. The minimum atomic E-state index is -0.199. The van der Waals surface area contributed by atoms with Crippen molar-refractivity contribution >= 4 is 5.69 Å². The lowest BCUT2D eigenvalue weighted by molar-refractivity contribution is -0.0662. The second-order valence-electron chi connectivity index (χ2n) is 6.66. The first-order chi connectivity index (χ1) is 9.77. The Kier molecular flexibility index (Phi) is 4.38. The Morgan fingerprint density at radius 2 is 1.95 bits per heavy atom. The maximum Gasteiger partial charge on any atom is 0.162 e. The van der Waals surface area contributed by atoms with E-state index in [-0.39, 0.29) is 17.2 Å². The fourth-order valence-electron chi connectivity index (χ4n) is 3.02. The summed E-state index contributed by atoms with van der Waals surface area (Å²) in [6.07, 6.45) is 0.968. The van der Waals surface area contributed by atoms with Gasteiger partial charge in [0.05, 0.1) is 31.0 Å². The van der Waals surface area contributed by atoms with Gasteiger partial charge in [0.2, 0.25) is 0 Å². The van der Waals surface area contributed by atoms with Gasteiger partial charge in [0.1, 0.15) is 0 Å². The predicted molar refractivity (Wildman–Crippen MR) is 85.4 cm³/mol. The van der Waals surface area contributed by atoms with Crippen LogP contribution in [0.25, 0.3) is 0 Å². The fourth-order valence-corrected chi connectivity index (χ4v) is 3.02. The number of anilines is 1. The van der Waals surface area contributed by atoms with Crippen molar-refractivity contribution in [2.45, 2.75) is 58.3 Å². The van der Waals surface area contributed by atoms with Gasteiger partial charge in [0.25, 0.3) is 0 Å². The van der Waals surface area contributed by atoms with E-state index in [1.165, 1.54) is 0 Å². The van der Waals surface area contributed by atoms with E-state index in [2.05, 4.69) is 33.0 Å². The molecule has 0 bridgehead atoms. The molecule has 1 unspecified atom stereocenters. The fraction of sp³-hybridized carbons (Fsp3) is 0.647. The van der Waals surface area contributed by atoms with Crippen LogP contribution < -0.4 is 14.8 Å². The van der Waals surface area contributed by atoms with Crippen LogP contribution >= 0.6 is 0 Å². The van der Waals surface area contributed by atoms with E-state index in [4.69, 9.17) is 14.2 Å². The number of hydrogen-bond donors (Lipinski definition) is 1. The van der Waals surface area contributed by atoms with E-state index in [1.54, 1.807) is 7.11 Å². The van der Waals surface area contributed by atoms with E-state index in [1.807, 2.05) is 25.1 Å². The molecule has 2 rings (SSSR count). The third-order valence-electron chi connectivity index (χ3n) is 3.88. The third kappa shape index (κ3) is 3.62. The van der Waals surface area contributed by atoms with Crippen molar-refractivity contribution in [2.75, 3.05) is 19.0 Å². The molecule has 4 nitrogen and oxygen atoms in total. The number of benzene rings is 1. The van der Waals surface area contributed by atoms with Gasteiger partial charge in [-0.3, -0.25) is 0 Å². The molecule has 1 heterocycles. The first kappa shape index (κ1) is 16.0. The summed E-state index contributed by atoms with van der Waals surface area (Å²) >= 11 is 0. The van der Waals surface area contributed by atoms with Crippen LogP contribution in [0.3, 0.4) is 0 Å². The quantitative estimate of drug-likeness (QED) is 0.895. The van der Waals surface area contributed by atoms with Crippen LogP contribution in [0.2, 0.25) is 0 Å². The van der Waals surface area contributed by atoms with Crippen molar-refractivity contribution in [1.82, 2.24) is 0 Å². The molecule has 4 heteroatoms. The summed E-state index contributed by atoms with van der Waals surface area (Å²) in [5, 5.41) is 3.57. The molecular weight excluding hydrogens is 266 g/mol. The average Bonchev–Trinajstić information content (AvgIpc) is 2.59. The number of ether oxygens (including phenoxy) is 3. The van der Waals surface area contributed by atoms with E-state index in [9.17, 15) is 0 Å². The standard InChI is InChI=1S/C17H27NO3/c1-7-20-13-9-8-12(10-14(13)19-6)18-15-11-16(2,3)21-17(15,4)5/h8-10,15,18H,7,11H2,1-6H3. The van der Waals surface area contributed by atoms with Gasteiger partial charge in [0.15, 0.2) is 11.5 Å². The molecule has 1 aromatic rings. The Balaban J connectivity index is 2.16. The predicted octanol–water partition coefficient (Wildman–Crippen LogP) is 3.85. The van der Waals surface area contributed by atoms with Crippen molar-refractivity contribution in [2.24, 2.45) is 0 Å². The highest BCUT2D eigenvalue weighted by atomic mass is 16.5. The number of nitrogens with one attached hydrogen (secondary N) is 1. The minimum absolute atomic E-state index is 0.101. The molecule has 1 atom stereocenters. The monoisotopic (exact) mass is 293 g/mol. The van der Waals surface area contributed by atoms with E-state index >= 15 is 0 Å². The lowest BCUT2D eigenvalue weighted by atomic mass is 9.94. The van der Waals surface area contributed by atoms with Crippen LogP contribution in [0.4, 0.5) is 5.69 Å². The molecule has 1 aromatic carbocycles. The maximum atomic E-state index is 6.12. The molecule has 1 saturated heterocycles. The van der Waals surface area contributed by atoms with Gasteiger partial charge in [-0.2, -0.15) is 0 Å². The van der Waals surface area contributed by atoms with Crippen molar-refractivity contribution in [1.29, 1.82) is 0 Å². The molecule has 0 spiro atoms. The van der Waals surface area contributed by atoms with Crippen molar-refractivity contribution < 1.29 is 14.2 Å². The molecule has 1 aliphatic heterocycles. The lowest BCUT2D eigenvalue weighted by Crippen LogP contribution is -2.38. The third-order valence-corrected chi connectivity index (χ3v) is 3.88. The normalized spacial score (nSPS) is 22.9. The van der Waals surface area contributed by atoms with E-state index < -0.39 is 0 Å². The molecule has 0 saturated carbocycles. The zero-order chi connectivity index (χ0) is 15.7. The number of methoxy groups -OCH3 is 1. The van der Waals surface area contributed by atoms with Crippen LogP contribution in [0.1, 0.15) is 41.0 Å². The summed E-state index contributed by atoms with van der Waals surface area (Å²) in [6.45, 7) is 11.1. The smallest absolute Gasteiger partial charge is 0.162 e. The highest BCUT2D eigenvalue weighted by molar-refractivity contribution is 5.55. The second kappa shape index (κ2) is 5.76. The maximum absolute atomic E-state index is 6.12. The molecule has 0 amide bonds. The topological polar surface area (TPSA) is 39.7 Å². The van der Waals surface area contributed by atoms with Gasteiger partial charge >= 0.3 is 0 Å². The van der Waals surface area contributed by atoms with Crippen LogP contribution in [0.5, 0.6) is 11.5 Å². The molecule has 1 fully saturated rings. The summed E-state index contributed by atoms with van der Waals surface area (Å²) in [7, 11) is 1.66.